The molecule has 1 heterocycles. The van der Waals surface area contributed by atoms with Crippen molar-refractivity contribution in [3.8, 4) is 0 Å². The van der Waals surface area contributed by atoms with Gasteiger partial charge in [-0.3, -0.25) is 4.99 Å². The number of nitrogens with zero attached hydrogens (tertiary/aromatic N) is 1. The van der Waals surface area contributed by atoms with Crippen molar-refractivity contribution in [2.45, 2.75) is 63.7 Å². The van der Waals surface area contributed by atoms with Crippen molar-refractivity contribution in [3.63, 3.8) is 0 Å². The lowest BCUT2D eigenvalue weighted by atomic mass is 9.54. The van der Waals surface area contributed by atoms with Crippen LogP contribution in [0, 0.1) is 11.3 Å². The molecule has 0 amide bonds. The van der Waals surface area contributed by atoms with Gasteiger partial charge in [-0.1, -0.05) is 43.2 Å². The van der Waals surface area contributed by atoms with E-state index in [0.29, 0.717) is 36.4 Å². The molecule has 1 aromatic rings. The fourth-order valence-corrected chi connectivity index (χ4v) is 5.51. The van der Waals surface area contributed by atoms with Gasteiger partial charge < -0.3 is 20.5 Å². The van der Waals surface area contributed by atoms with E-state index in [1.807, 2.05) is 30.3 Å². The predicted octanol–water partition coefficient (Wildman–Crippen LogP) is 3.63. The molecule has 4 unspecified atom stereocenters. The van der Waals surface area contributed by atoms with Crippen LogP contribution in [0.2, 0.25) is 0 Å². The fraction of sp³-hybridized carbons (Fsp3) is 0.682. The van der Waals surface area contributed by atoms with Gasteiger partial charge in [0.25, 0.3) is 0 Å². The molecule has 0 aromatic heterocycles. The smallest absolute Gasteiger partial charge is 0.191 e. The van der Waals surface area contributed by atoms with Gasteiger partial charge in [0.2, 0.25) is 0 Å². The maximum atomic E-state index is 10.4. The molecule has 4 atom stereocenters. The summed E-state index contributed by atoms with van der Waals surface area (Å²) in [5.41, 5.74) is 1.28. The molecule has 4 rings (SSSR count). The number of benzene rings is 1. The van der Waals surface area contributed by atoms with Gasteiger partial charge in [0, 0.05) is 37.1 Å². The zero-order chi connectivity index (χ0) is 18.7. The Kier molecular flexibility index (Phi) is 7.61. The average Bonchev–Trinajstić information content (AvgIpc) is 3.35. The molecule has 0 bridgehead atoms. The molecule has 6 heteroatoms. The largest absolute Gasteiger partial charge is 0.388 e. The number of aliphatic hydroxyl groups excluding tert-OH is 1. The molecule has 3 N–H and O–H groups in total. The number of hydrogen-bond acceptors (Lipinski definition) is 3. The van der Waals surface area contributed by atoms with Crippen LogP contribution in [-0.4, -0.2) is 42.9 Å². The normalized spacial score (nSPS) is 28.9. The average molecular weight is 499 g/mol. The first-order valence-corrected chi connectivity index (χ1v) is 10.6. The Hall–Kier alpha value is -0.860. The Bertz CT molecular complexity index is 648. The van der Waals surface area contributed by atoms with E-state index >= 15 is 0 Å². The zero-order valence-electron chi connectivity index (χ0n) is 16.8. The topological polar surface area (TPSA) is 65.9 Å². The summed E-state index contributed by atoms with van der Waals surface area (Å²) >= 11 is 0. The lowest BCUT2D eigenvalue weighted by molar-refractivity contribution is -0.125. The van der Waals surface area contributed by atoms with Crippen molar-refractivity contribution < 1.29 is 9.84 Å². The van der Waals surface area contributed by atoms with Crippen LogP contribution in [0.5, 0.6) is 0 Å². The Labute approximate surface area is 185 Å². The Morgan fingerprint density at radius 1 is 1.29 bits per heavy atom. The van der Waals surface area contributed by atoms with Crippen LogP contribution in [0.3, 0.4) is 0 Å². The molecule has 1 aromatic carbocycles. The lowest BCUT2D eigenvalue weighted by Crippen LogP contribution is -2.69. The summed E-state index contributed by atoms with van der Waals surface area (Å²) in [7, 11) is 0. The molecule has 3 aliphatic rings. The van der Waals surface area contributed by atoms with Crippen LogP contribution < -0.4 is 10.6 Å². The van der Waals surface area contributed by atoms with Crippen LogP contribution in [0.15, 0.2) is 35.3 Å². The molecule has 1 aliphatic heterocycles. The van der Waals surface area contributed by atoms with E-state index in [-0.39, 0.29) is 24.0 Å². The second-order valence-corrected chi connectivity index (χ2v) is 8.28. The minimum atomic E-state index is -0.463. The second kappa shape index (κ2) is 9.76. The van der Waals surface area contributed by atoms with Crippen molar-refractivity contribution >= 4 is 29.9 Å². The summed E-state index contributed by atoms with van der Waals surface area (Å²) in [6.07, 6.45) is 6.98. The number of fused-ring (bicyclic) bond motifs is 2. The summed E-state index contributed by atoms with van der Waals surface area (Å²) in [6, 6.07) is 10.3. The molecule has 28 heavy (non-hydrogen) atoms. The molecular formula is C22H34IN3O2. The number of nitrogens with one attached hydrogen (secondary N) is 2. The van der Waals surface area contributed by atoms with E-state index in [9.17, 15) is 5.11 Å². The predicted molar refractivity (Wildman–Crippen MR) is 123 cm³/mol. The summed E-state index contributed by atoms with van der Waals surface area (Å²) in [6.45, 7) is 4.46. The van der Waals surface area contributed by atoms with Gasteiger partial charge >= 0.3 is 0 Å². The Balaban J connectivity index is 0.00000225. The molecular weight excluding hydrogens is 465 g/mol. The van der Waals surface area contributed by atoms with E-state index in [1.54, 1.807) is 0 Å². The second-order valence-electron chi connectivity index (χ2n) is 8.28. The first kappa shape index (κ1) is 21.8. The monoisotopic (exact) mass is 499 g/mol. The quantitative estimate of drug-likeness (QED) is 0.318. The zero-order valence-corrected chi connectivity index (χ0v) is 19.1. The van der Waals surface area contributed by atoms with E-state index in [0.717, 1.165) is 31.1 Å². The third-order valence-electron chi connectivity index (χ3n) is 6.78. The van der Waals surface area contributed by atoms with Crippen LogP contribution in [-0.2, 0) is 4.74 Å². The lowest BCUT2D eigenvalue weighted by Gasteiger charge is -2.57. The molecule has 0 radical (unpaired) electrons. The minimum absolute atomic E-state index is 0. The number of guanidine groups is 1. The molecule has 2 aliphatic carbocycles. The first-order chi connectivity index (χ1) is 13.2. The van der Waals surface area contributed by atoms with Crippen molar-refractivity contribution in [3.05, 3.63) is 35.9 Å². The minimum Gasteiger partial charge on any atom is -0.388 e. The van der Waals surface area contributed by atoms with Gasteiger partial charge in [-0.25, -0.2) is 0 Å². The fourth-order valence-electron chi connectivity index (χ4n) is 5.51. The van der Waals surface area contributed by atoms with Crippen molar-refractivity contribution in [1.82, 2.24) is 10.6 Å². The third kappa shape index (κ3) is 4.19. The number of hydrogen-bond donors (Lipinski definition) is 3. The summed E-state index contributed by atoms with van der Waals surface area (Å²) < 4.78 is 6.09. The van der Waals surface area contributed by atoms with Crippen molar-refractivity contribution in [2.75, 3.05) is 19.7 Å². The highest BCUT2D eigenvalue weighted by molar-refractivity contribution is 14.0. The summed E-state index contributed by atoms with van der Waals surface area (Å²) in [4.78, 5) is 4.76. The first-order valence-electron chi connectivity index (χ1n) is 10.6. The summed E-state index contributed by atoms with van der Waals surface area (Å²) in [5, 5.41) is 17.5. The molecule has 3 fully saturated rings. The van der Waals surface area contributed by atoms with E-state index < -0.39 is 6.10 Å². The highest BCUT2D eigenvalue weighted by Crippen LogP contribution is 2.60. The molecule has 2 saturated carbocycles. The molecule has 156 valence electrons. The van der Waals surface area contributed by atoms with Crippen LogP contribution >= 0.6 is 24.0 Å². The number of halogens is 1. The molecule has 1 saturated heterocycles. The van der Waals surface area contributed by atoms with Gasteiger partial charge in [0.15, 0.2) is 5.96 Å². The van der Waals surface area contributed by atoms with E-state index in [1.165, 1.54) is 25.7 Å². The van der Waals surface area contributed by atoms with Gasteiger partial charge in [-0.2, -0.15) is 0 Å². The van der Waals surface area contributed by atoms with E-state index in [2.05, 4.69) is 17.6 Å². The Morgan fingerprint density at radius 2 is 2.04 bits per heavy atom. The van der Waals surface area contributed by atoms with E-state index in [4.69, 9.17) is 9.73 Å². The van der Waals surface area contributed by atoms with Crippen molar-refractivity contribution in [2.24, 2.45) is 16.3 Å². The van der Waals surface area contributed by atoms with Gasteiger partial charge in [-0.05, 0) is 38.2 Å². The molecule has 5 nitrogen and oxygen atoms in total. The SMILES string of the molecule is CCNC(=NCCC(O)c1ccccc1)NC1C2CCOC2C12CCCC2.I. The van der Waals surface area contributed by atoms with Crippen LogP contribution in [0.4, 0.5) is 0 Å². The van der Waals surface area contributed by atoms with Crippen molar-refractivity contribution in [1.29, 1.82) is 0 Å². The number of aliphatic imine (C=N–C) groups is 1. The highest BCUT2D eigenvalue weighted by atomic mass is 127. The Morgan fingerprint density at radius 3 is 2.75 bits per heavy atom. The van der Waals surface area contributed by atoms with Crippen LogP contribution in [0.25, 0.3) is 0 Å². The summed E-state index contributed by atoms with van der Waals surface area (Å²) in [5.74, 6) is 1.52. The number of aliphatic hydroxyl groups is 1. The highest BCUT2D eigenvalue weighted by Gasteiger charge is 2.65. The van der Waals surface area contributed by atoms with Gasteiger partial charge in [0.05, 0.1) is 12.2 Å². The third-order valence-corrected chi connectivity index (χ3v) is 6.78. The maximum Gasteiger partial charge on any atom is 0.191 e. The van der Waals surface area contributed by atoms with Gasteiger partial charge in [-0.15, -0.1) is 24.0 Å². The maximum absolute atomic E-state index is 10.4. The van der Waals surface area contributed by atoms with Gasteiger partial charge in [0.1, 0.15) is 0 Å². The van der Waals surface area contributed by atoms with Crippen LogP contribution in [0.1, 0.15) is 57.1 Å². The number of rotatable bonds is 6. The number of ether oxygens (including phenoxy) is 1. The molecule has 1 spiro atoms. The standard InChI is InChI=1S/C22H33N3O2.HI/c1-2-23-21(24-14-10-18(26)16-8-4-3-5-9-16)25-19-17-11-15-27-20(17)22(19)12-6-7-13-22;/h3-5,8-9,17-20,26H,2,6-7,10-15H2,1H3,(H2,23,24,25);1H.